The SMILES string of the molecule is Cc1ccc(NC(=O)[C@@H]2CN(S(=O)(=O)c3ccc(C)cc3)c3ccc(C)cc3O2)cc1. The molecular weight excluding hydrogens is 412 g/mol. The summed E-state index contributed by atoms with van der Waals surface area (Å²) < 4.78 is 34.1. The summed E-state index contributed by atoms with van der Waals surface area (Å²) in [6, 6.07) is 19.3. The van der Waals surface area contributed by atoms with Crippen LogP contribution in [0.1, 0.15) is 16.7 Å². The predicted octanol–water partition coefficient (Wildman–Crippen LogP) is 4.21. The van der Waals surface area contributed by atoms with Gasteiger partial charge in [-0.3, -0.25) is 9.10 Å². The summed E-state index contributed by atoms with van der Waals surface area (Å²) in [7, 11) is -3.88. The van der Waals surface area contributed by atoms with Crippen molar-refractivity contribution in [2.45, 2.75) is 31.8 Å². The van der Waals surface area contributed by atoms with Crippen LogP contribution in [0.25, 0.3) is 0 Å². The van der Waals surface area contributed by atoms with Gasteiger partial charge < -0.3 is 10.1 Å². The second-order valence-corrected chi connectivity index (χ2v) is 9.64. The number of aryl methyl sites for hydroxylation is 3. The van der Waals surface area contributed by atoms with Gasteiger partial charge in [0.25, 0.3) is 15.9 Å². The molecule has 3 aromatic rings. The van der Waals surface area contributed by atoms with E-state index in [-0.39, 0.29) is 11.4 Å². The lowest BCUT2D eigenvalue weighted by Crippen LogP contribution is -2.48. The number of benzene rings is 3. The van der Waals surface area contributed by atoms with E-state index >= 15 is 0 Å². The van der Waals surface area contributed by atoms with Gasteiger partial charge in [-0.1, -0.05) is 41.5 Å². The number of fused-ring (bicyclic) bond motifs is 1. The zero-order valence-corrected chi connectivity index (χ0v) is 18.4. The molecule has 0 saturated carbocycles. The van der Waals surface area contributed by atoms with Crippen molar-refractivity contribution < 1.29 is 17.9 Å². The molecule has 0 unspecified atom stereocenters. The van der Waals surface area contributed by atoms with Crippen molar-refractivity contribution >= 4 is 27.3 Å². The van der Waals surface area contributed by atoms with Crippen LogP contribution >= 0.6 is 0 Å². The molecule has 0 saturated heterocycles. The lowest BCUT2D eigenvalue weighted by molar-refractivity contribution is -0.122. The fraction of sp³-hybridized carbons (Fsp3) is 0.208. The summed E-state index contributed by atoms with van der Waals surface area (Å²) in [5, 5.41) is 2.82. The highest BCUT2D eigenvalue weighted by atomic mass is 32.2. The van der Waals surface area contributed by atoms with E-state index in [2.05, 4.69) is 5.32 Å². The van der Waals surface area contributed by atoms with Crippen LogP contribution in [-0.4, -0.2) is 27.0 Å². The first-order chi connectivity index (χ1) is 14.7. The molecule has 160 valence electrons. The second-order valence-electron chi connectivity index (χ2n) is 7.78. The number of nitrogens with one attached hydrogen (secondary N) is 1. The average Bonchev–Trinajstić information content (AvgIpc) is 2.74. The van der Waals surface area contributed by atoms with Crippen molar-refractivity contribution in [3.8, 4) is 5.75 Å². The Bertz CT molecular complexity index is 1220. The molecule has 0 aromatic heterocycles. The highest BCUT2D eigenvalue weighted by molar-refractivity contribution is 7.92. The van der Waals surface area contributed by atoms with Gasteiger partial charge >= 0.3 is 0 Å². The number of ether oxygens (including phenoxy) is 1. The lowest BCUT2D eigenvalue weighted by Gasteiger charge is -2.35. The van der Waals surface area contributed by atoms with Gasteiger partial charge in [-0.2, -0.15) is 0 Å². The predicted molar refractivity (Wildman–Crippen MR) is 121 cm³/mol. The van der Waals surface area contributed by atoms with E-state index in [4.69, 9.17) is 4.74 Å². The number of hydrogen-bond acceptors (Lipinski definition) is 4. The van der Waals surface area contributed by atoms with Crippen LogP contribution < -0.4 is 14.4 Å². The van der Waals surface area contributed by atoms with Crippen LogP contribution in [-0.2, 0) is 14.8 Å². The molecule has 0 radical (unpaired) electrons. The summed E-state index contributed by atoms with van der Waals surface area (Å²) in [6.45, 7) is 5.62. The molecule has 7 heteroatoms. The zero-order chi connectivity index (χ0) is 22.2. The highest BCUT2D eigenvalue weighted by Crippen LogP contribution is 2.38. The average molecular weight is 437 g/mol. The van der Waals surface area contributed by atoms with Gasteiger partial charge in [0.2, 0.25) is 0 Å². The third-order valence-corrected chi connectivity index (χ3v) is 7.00. The van der Waals surface area contributed by atoms with Crippen molar-refractivity contribution in [1.29, 1.82) is 0 Å². The number of sulfonamides is 1. The number of carbonyl (C=O) groups is 1. The first kappa shape index (κ1) is 20.9. The van der Waals surface area contributed by atoms with E-state index < -0.39 is 22.0 Å². The van der Waals surface area contributed by atoms with E-state index in [0.29, 0.717) is 17.1 Å². The zero-order valence-electron chi connectivity index (χ0n) is 17.6. The molecule has 0 spiro atoms. The molecule has 1 aliphatic rings. The number of anilines is 2. The second kappa shape index (κ2) is 8.07. The first-order valence-corrected chi connectivity index (χ1v) is 11.4. The Morgan fingerprint density at radius 1 is 0.903 bits per heavy atom. The van der Waals surface area contributed by atoms with E-state index in [1.165, 1.54) is 4.31 Å². The molecule has 3 aromatic carbocycles. The molecule has 0 aliphatic carbocycles. The maximum atomic E-state index is 13.4. The Morgan fingerprint density at radius 2 is 1.48 bits per heavy atom. The fourth-order valence-corrected chi connectivity index (χ4v) is 4.90. The van der Waals surface area contributed by atoms with Crippen LogP contribution in [0.5, 0.6) is 5.75 Å². The smallest absolute Gasteiger partial charge is 0.267 e. The normalized spacial score (nSPS) is 15.7. The Balaban J connectivity index is 1.69. The van der Waals surface area contributed by atoms with Crippen LogP contribution in [0.4, 0.5) is 11.4 Å². The molecule has 6 nitrogen and oxygen atoms in total. The van der Waals surface area contributed by atoms with E-state index in [1.54, 1.807) is 48.5 Å². The number of hydrogen-bond donors (Lipinski definition) is 1. The van der Waals surface area contributed by atoms with Crippen molar-refractivity contribution in [3.63, 3.8) is 0 Å². The molecule has 4 rings (SSSR count). The number of rotatable bonds is 4. The number of carbonyl (C=O) groups excluding carboxylic acids is 1. The largest absolute Gasteiger partial charge is 0.476 e. The number of amides is 1. The summed E-state index contributed by atoms with van der Waals surface area (Å²) in [5.74, 6) is -0.0360. The molecule has 0 fully saturated rings. The Hall–Kier alpha value is -3.32. The Morgan fingerprint density at radius 3 is 2.13 bits per heavy atom. The topological polar surface area (TPSA) is 75.7 Å². The minimum atomic E-state index is -3.88. The van der Waals surface area contributed by atoms with Gasteiger partial charge in [0.15, 0.2) is 6.10 Å². The maximum absolute atomic E-state index is 13.4. The standard InChI is InChI=1S/C24H24N2O4S/c1-16-4-9-19(10-5-16)25-24(27)23-15-26(21-13-8-18(3)14-22(21)30-23)31(28,29)20-11-6-17(2)7-12-20/h4-14,23H,15H2,1-3H3,(H,25,27)/t23-/m0/s1. The van der Waals surface area contributed by atoms with Crippen molar-refractivity contribution in [2.24, 2.45) is 0 Å². The van der Waals surface area contributed by atoms with Gasteiger partial charge in [0.1, 0.15) is 5.75 Å². The third kappa shape index (κ3) is 4.27. The fourth-order valence-electron chi connectivity index (χ4n) is 3.42. The first-order valence-electron chi connectivity index (χ1n) is 9.98. The minimum absolute atomic E-state index is 0.121. The van der Waals surface area contributed by atoms with Crippen LogP contribution in [0.15, 0.2) is 71.6 Å². The van der Waals surface area contributed by atoms with Gasteiger partial charge in [0.05, 0.1) is 17.1 Å². The minimum Gasteiger partial charge on any atom is -0.476 e. The molecular formula is C24H24N2O4S. The van der Waals surface area contributed by atoms with Gasteiger partial charge in [-0.15, -0.1) is 0 Å². The third-order valence-electron chi connectivity index (χ3n) is 5.21. The van der Waals surface area contributed by atoms with Gasteiger partial charge in [-0.25, -0.2) is 8.42 Å². The van der Waals surface area contributed by atoms with Gasteiger partial charge in [0, 0.05) is 5.69 Å². The molecule has 31 heavy (non-hydrogen) atoms. The molecule has 1 aliphatic heterocycles. The Kier molecular flexibility index (Phi) is 5.45. The molecule has 1 heterocycles. The van der Waals surface area contributed by atoms with E-state index in [0.717, 1.165) is 16.7 Å². The quantitative estimate of drug-likeness (QED) is 0.665. The van der Waals surface area contributed by atoms with E-state index in [9.17, 15) is 13.2 Å². The van der Waals surface area contributed by atoms with Gasteiger partial charge in [-0.05, 0) is 62.7 Å². The van der Waals surface area contributed by atoms with Crippen LogP contribution in [0.3, 0.4) is 0 Å². The van der Waals surface area contributed by atoms with Crippen molar-refractivity contribution in [1.82, 2.24) is 0 Å². The number of nitrogens with zero attached hydrogens (tertiary/aromatic N) is 1. The van der Waals surface area contributed by atoms with E-state index in [1.807, 2.05) is 39.0 Å². The summed E-state index contributed by atoms with van der Waals surface area (Å²) >= 11 is 0. The summed E-state index contributed by atoms with van der Waals surface area (Å²) in [5.41, 5.74) is 4.00. The summed E-state index contributed by atoms with van der Waals surface area (Å²) in [6.07, 6.45) is -0.990. The summed E-state index contributed by atoms with van der Waals surface area (Å²) in [4.78, 5) is 13.1. The van der Waals surface area contributed by atoms with Crippen molar-refractivity contribution in [3.05, 3.63) is 83.4 Å². The van der Waals surface area contributed by atoms with Crippen molar-refractivity contribution in [2.75, 3.05) is 16.2 Å². The highest BCUT2D eigenvalue weighted by Gasteiger charge is 2.37. The molecule has 1 N–H and O–H groups in total. The monoisotopic (exact) mass is 436 g/mol. The molecule has 1 amide bonds. The molecule has 0 bridgehead atoms. The maximum Gasteiger partial charge on any atom is 0.267 e. The molecule has 1 atom stereocenters. The Labute approximate surface area is 182 Å². The lowest BCUT2D eigenvalue weighted by atomic mass is 10.1. The van der Waals surface area contributed by atoms with Crippen LogP contribution in [0.2, 0.25) is 0 Å². The van der Waals surface area contributed by atoms with Crippen LogP contribution in [0, 0.1) is 20.8 Å².